The van der Waals surface area contributed by atoms with E-state index in [2.05, 4.69) is 22.6 Å². The van der Waals surface area contributed by atoms with E-state index in [1.165, 1.54) is 0 Å². The van der Waals surface area contributed by atoms with Crippen molar-refractivity contribution < 1.29 is 0 Å². The lowest BCUT2D eigenvalue weighted by atomic mass is 10.1. The van der Waals surface area contributed by atoms with Crippen LogP contribution in [0.2, 0.25) is 0 Å². The van der Waals surface area contributed by atoms with Crippen molar-refractivity contribution in [1.29, 1.82) is 0 Å². The Morgan fingerprint density at radius 1 is 1.50 bits per heavy atom. The number of hydrogen-bond acceptors (Lipinski definition) is 3. The summed E-state index contributed by atoms with van der Waals surface area (Å²) in [7, 11) is 0. The molecule has 0 spiro atoms. The number of hydrogen-bond donors (Lipinski definition) is 1. The van der Waals surface area contributed by atoms with E-state index in [0.29, 0.717) is 6.54 Å². The molecule has 0 aliphatic heterocycles. The summed E-state index contributed by atoms with van der Waals surface area (Å²) in [6.07, 6.45) is 1.78. The van der Waals surface area contributed by atoms with Gasteiger partial charge in [-0.25, -0.2) is 0 Å². The molecule has 0 aromatic carbocycles. The maximum atomic E-state index is 4.44. The summed E-state index contributed by atoms with van der Waals surface area (Å²) in [6.45, 7) is 6.70. The van der Waals surface area contributed by atoms with Crippen LogP contribution in [0.5, 0.6) is 0 Å². The number of rotatable bonds is 3. The summed E-state index contributed by atoms with van der Waals surface area (Å²) >= 11 is 4.44. The molecule has 0 radical (unpaired) electrons. The fourth-order valence-electron chi connectivity index (χ4n) is 0.885. The monoisotopic (exact) mass is 208 g/mol. The lowest BCUT2D eigenvalue weighted by Gasteiger charge is -2.16. The van der Waals surface area contributed by atoms with Gasteiger partial charge in [-0.2, -0.15) is 12.6 Å². The highest BCUT2D eigenvalue weighted by Gasteiger charge is 2.14. The van der Waals surface area contributed by atoms with Crippen LogP contribution in [-0.2, 0) is 6.54 Å². The molecule has 0 saturated carbocycles. The average Bonchev–Trinajstić information content (AvgIpc) is 2.14. The largest absolute Gasteiger partial charge is 0.287 e. The highest BCUT2D eigenvalue weighted by molar-refractivity contribution is 7.82. The minimum atomic E-state index is -0.144. The molecule has 0 N–H and O–H groups in total. The SMILES string of the molecule is CC(=NCc1ccccn1)C(C)(C)S. The molecule has 1 aromatic rings. The molecule has 1 rings (SSSR count). The Morgan fingerprint density at radius 3 is 2.71 bits per heavy atom. The van der Waals surface area contributed by atoms with E-state index < -0.39 is 0 Å². The lowest BCUT2D eigenvalue weighted by Crippen LogP contribution is -2.21. The lowest BCUT2D eigenvalue weighted by molar-refractivity contribution is 0.910. The molecular formula is C11H16N2S. The topological polar surface area (TPSA) is 25.2 Å². The summed E-state index contributed by atoms with van der Waals surface area (Å²) in [6, 6.07) is 5.85. The van der Waals surface area contributed by atoms with Crippen LogP contribution in [0.3, 0.4) is 0 Å². The molecule has 1 aromatic heterocycles. The first-order valence-corrected chi connectivity index (χ1v) is 5.08. The third-order valence-electron chi connectivity index (χ3n) is 2.09. The van der Waals surface area contributed by atoms with Gasteiger partial charge in [0.05, 0.1) is 12.2 Å². The predicted octanol–water partition coefficient (Wildman–Crippen LogP) is 2.75. The van der Waals surface area contributed by atoms with Gasteiger partial charge < -0.3 is 0 Å². The molecule has 1 heterocycles. The number of pyridine rings is 1. The molecule has 0 saturated heterocycles. The van der Waals surface area contributed by atoms with Crippen LogP contribution in [-0.4, -0.2) is 15.4 Å². The van der Waals surface area contributed by atoms with Crippen LogP contribution in [0, 0.1) is 0 Å². The first kappa shape index (κ1) is 11.2. The van der Waals surface area contributed by atoms with Gasteiger partial charge in [0.15, 0.2) is 0 Å². The van der Waals surface area contributed by atoms with E-state index in [1.807, 2.05) is 39.0 Å². The molecule has 0 aliphatic rings. The van der Waals surface area contributed by atoms with E-state index in [0.717, 1.165) is 11.4 Å². The van der Waals surface area contributed by atoms with Gasteiger partial charge in [-0.15, -0.1) is 0 Å². The number of thiol groups is 1. The Morgan fingerprint density at radius 2 is 2.21 bits per heavy atom. The van der Waals surface area contributed by atoms with E-state index in [4.69, 9.17) is 0 Å². The van der Waals surface area contributed by atoms with Gasteiger partial charge in [0.1, 0.15) is 0 Å². The van der Waals surface area contributed by atoms with E-state index >= 15 is 0 Å². The minimum Gasteiger partial charge on any atom is -0.287 e. The molecule has 2 nitrogen and oxygen atoms in total. The minimum absolute atomic E-state index is 0.144. The van der Waals surface area contributed by atoms with Crippen LogP contribution in [0.1, 0.15) is 26.5 Å². The molecule has 0 unspecified atom stereocenters. The Kier molecular flexibility index (Phi) is 3.69. The van der Waals surface area contributed by atoms with Crippen molar-refractivity contribution in [3.8, 4) is 0 Å². The van der Waals surface area contributed by atoms with Gasteiger partial charge in [-0.1, -0.05) is 6.07 Å². The highest BCUT2D eigenvalue weighted by atomic mass is 32.1. The molecule has 0 atom stereocenters. The Bertz CT molecular complexity index is 312. The maximum Gasteiger partial charge on any atom is 0.0811 e. The Hall–Kier alpha value is -0.830. The Balaban J connectivity index is 2.65. The predicted molar refractivity (Wildman–Crippen MR) is 64.1 cm³/mol. The molecule has 0 aliphatic carbocycles. The van der Waals surface area contributed by atoms with Gasteiger partial charge in [-0.3, -0.25) is 9.98 Å². The van der Waals surface area contributed by atoms with Crippen molar-refractivity contribution in [1.82, 2.24) is 4.98 Å². The smallest absolute Gasteiger partial charge is 0.0811 e. The molecule has 76 valence electrons. The highest BCUT2D eigenvalue weighted by Crippen LogP contribution is 2.14. The van der Waals surface area contributed by atoms with Gasteiger partial charge in [0, 0.05) is 16.7 Å². The van der Waals surface area contributed by atoms with Gasteiger partial charge >= 0.3 is 0 Å². The van der Waals surface area contributed by atoms with Gasteiger partial charge in [0.25, 0.3) is 0 Å². The fraction of sp³-hybridized carbons (Fsp3) is 0.455. The molecule has 0 amide bonds. The Labute approximate surface area is 90.9 Å². The zero-order valence-corrected chi connectivity index (χ0v) is 9.75. The quantitative estimate of drug-likeness (QED) is 0.599. The van der Waals surface area contributed by atoms with Gasteiger partial charge in [-0.05, 0) is 32.9 Å². The van der Waals surface area contributed by atoms with Crippen molar-refractivity contribution >= 4 is 18.3 Å². The van der Waals surface area contributed by atoms with E-state index in [9.17, 15) is 0 Å². The number of aliphatic imine (C=N–C) groups is 1. The van der Waals surface area contributed by atoms with Crippen LogP contribution in [0.25, 0.3) is 0 Å². The van der Waals surface area contributed by atoms with Crippen molar-refractivity contribution in [2.24, 2.45) is 4.99 Å². The second-order valence-corrected chi connectivity index (χ2v) is 4.90. The second-order valence-electron chi connectivity index (χ2n) is 3.78. The molecular weight excluding hydrogens is 192 g/mol. The first-order chi connectivity index (χ1) is 6.50. The molecule has 0 bridgehead atoms. The summed E-state index contributed by atoms with van der Waals surface area (Å²) in [4.78, 5) is 8.64. The molecule has 0 fully saturated rings. The number of nitrogens with zero attached hydrogens (tertiary/aromatic N) is 2. The third kappa shape index (κ3) is 3.50. The van der Waals surface area contributed by atoms with E-state index in [1.54, 1.807) is 6.20 Å². The van der Waals surface area contributed by atoms with Crippen molar-refractivity contribution in [2.75, 3.05) is 0 Å². The summed E-state index contributed by atoms with van der Waals surface area (Å²) in [5, 5.41) is 0. The zero-order chi connectivity index (χ0) is 10.6. The third-order valence-corrected chi connectivity index (χ3v) is 2.41. The van der Waals surface area contributed by atoms with Crippen molar-refractivity contribution in [3.05, 3.63) is 30.1 Å². The fourth-order valence-corrected chi connectivity index (χ4v) is 0.955. The van der Waals surface area contributed by atoms with Crippen LogP contribution in [0.15, 0.2) is 29.4 Å². The molecule has 3 heteroatoms. The standard InChI is InChI=1S/C11H16N2S/c1-9(11(2,3)14)13-8-10-6-4-5-7-12-10/h4-7,14H,8H2,1-3H3. The zero-order valence-electron chi connectivity index (χ0n) is 8.86. The van der Waals surface area contributed by atoms with Crippen LogP contribution >= 0.6 is 12.6 Å². The number of aromatic nitrogens is 1. The second kappa shape index (κ2) is 4.60. The van der Waals surface area contributed by atoms with Crippen LogP contribution in [0.4, 0.5) is 0 Å². The average molecular weight is 208 g/mol. The van der Waals surface area contributed by atoms with Crippen molar-refractivity contribution in [2.45, 2.75) is 32.1 Å². The van der Waals surface area contributed by atoms with E-state index in [-0.39, 0.29) is 4.75 Å². The van der Waals surface area contributed by atoms with Crippen molar-refractivity contribution in [3.63, 3.8) is 0 Å². The van der Waals surface area contributed by atoms with Gasteiger partial charge in [0.2, 0.25) is 0 Å². The maximum absolute atomic E-state index is 4.44. The van der Waals surface area contributed by atoms with Crippen LogP contribution < -0.4 is 0 Å². The summed E-state index contributed by atoms with van der Waals surface area (Å²) in [5.74, 6) is 0. The first-order valence-electron chi connectivity index (χ1n) is 4.64. The normalized spacial score (nSPS) is 13.0. The summed E-state index contributed by atoms with van der Waals surface area (Å²) < 4.78 is -0.144. The summed E-state index contributed by atoms with van der Waals surface area (Å²) in [5.41, 5.74) is 2.02. The molecule has 14 heavy (non-hydrogen) atoms.